The molecular weight excluding hydrogens is 296 g/mol. The van der Waals surface area contributed by atoms with Gasteiger partial charge in [0.1, 0.15) is 5.82 Å². The smallest absolute Gasteiger partial charge is 0.136 e. The van der Waals surface area contributed by atoms with E-state index in [0.717, 1.165) is 21.1 Å². The van der Waals surface area contributed by atoms with E-state index in [4.69, 9.17) is 10.2 Å². The number of benzene rings is 1. The lowest BCUT2D eigenvalue weighted by Gasteiger charge is -2.23. The summed E-state index contributed by atoms with van der Waals surface area (Å²) in [6.07, 6.45) is 1.74. The molecule has 1 heterocycles. The topological polar surface area (TPSA) is 56.6 Å². The molecule has 18 heavy (non-hydrogen) atoms. The van der Waals surface area contributed by atoms with Crippen molar-refractivity contribution in [2.24, 2.45) is 0 Å². The second-order valence-electron chi connectivity index (χ2n) is 3.90. The van der Waals surface area contributed by atoms with Gasteiger partial charge in [-0.1, -0.05) is 28.1 Å². The minimum atomic E-state index is 0.0338. The van der Waals surface area contributed by atoms with Crippen LogP contribution < -0.4 is 4.90 Å². The van der Waals surface area contributed by atoms with E-state index in [1.165, 1.54) is 0 Å². The van der Waals surface area contributed by atoms with Gasteiger partial charge in [0, 0.05) is 34.5 Å². The van der Waals surface area contributed by atoms with Gasteiger partial charge in [-0.3, -0.25) is 0 Å². The zero-order valence-corrected chi connectivity index (χ0v) is 11.5. The van der Waals surface area contributed by atoms with Gasteiger partial charge in [0.15, 0.2) is 0 Å². The standard InChI is InChI=1S/C13H15BrN2O2/c14-12-3-1-2-11-10(12)4-5-15-13(11)16(6-8-17)7-9-18/h1-5,17-18H,6-9H2. The Labute approximate surface area is 114 Å². The van der Waals surface area contributed by atoms with Crippen molar-refractivity contribution in [2.45, 2.75) is 0 Å². The normalized spacial score (nSPS) is 10.8. The number of aliphatic hydroxyl groups is 2. The number of pyridine rings is 1. The maximum Gasteiger partial charge on any atom is 0.136 e. The molecule has 0 radical (unpaired) electrons. The van der Waals surface area contributed by atoms with Crippen LogP contribution in [-0.2, 0) is 0 Å². The molecule has 0 aliphatic rings. The second kappa shape index (κ2) is 6.13. The number of nitrogens with zero attached hydrogens (tertiary/aromatic N) is 2. The van der Waals surface area contributed by atoms with E-state index in [1.807, 2.05) is 29.2 Å². The quantitative estimate of drug-likeness (QED) is 0.884. The molecular formula is C13H15BrN2O2. The van der Waals surface area contributed by atoms with E-state index in [2.05, 4.69) is 20.9 Å². The van der Waals surface area contributed by atoms with Crippen LogP contribution in [0, 0.1) is 0 Å². The van der Waals surface area contributed by atoms with Crippen molar-refractivity contribution in [2.75, 3.05) is 31.2 Å². The summed E-state index contributed by atoms with van der Waals surface area (Å²) in [6.45, 7) is 0.983. The number of hydrogen-bond donors (Lipinski definition) is 2. The van der Waals surface area contributed by atoms with Crippen molar-refractivity contribution < 1.29 is 10.2 Å². The van der Waals surface area contributed by atoms with Crippen LogP contribution in [0.25, 0.3) is 10.8 Å². The summed E-state index contributed by atoms with van der Waals surface area (Å²) < 4.78 is 1.01. The van der Waals surface area contributed by atoms with Crippen LogP contribution in [0.1, 0.15) is 0 Å². The Morgan fingerprint density at radius 3 is 2.44 bits per heavy atom. The molecule has 0 unspecified atom stereocenters. The van der Waals surface area contributed by atoms with Crippen LogP contribution in [0.15, 0.2) is 34.9 Å². The Bertz CT molecular complexity index is 527. The minimum absolute atomic E-state index is 0.0338. The van der Waals surface area contributed by atoms with Gasteiger partial charge in [0.05, 0.1) is 13.2 Å². The minimum Gasteiger partial charge on any atom is -0.395 e. The van der Waals surface area contributed by atoms with Crippen molar-refractivity contribution in [1.82, 2.24) is 4.98 Å². The van der Waals surface area contributed by atoms with Crippen LogP contribution >= 0.6 is 15.9 Å². The van der Waals surface area contributed by atoms with E-state index in [1.54, 1.807) is 6.20 Å². The van der Waals surface area contributed by atoms with E-state index in [-0.39, 0.29) is 13.2 Å². The van der Waals surface area contributed by atoms with Gasteiger partial charge in [0.2, 0.25) is 0 Å². The molecule has 0 fully saturated rings. The lowest BCUT2D eigenvalue weighted by molar-refractivity contribution is 0.281. The van der Waals surface area contributed by atoms with E-state index in [9.17, 15) is 0 Å². The molecule has 0 bridgehead atoms. The number of aromatic nitrogens is 1. The second-order valence-corrected chi connectivity index (χ2v) is 4.76. The summed E-state index contributed by atoms with van der Waals surface area (Å²) in [5.41, 5.74) is 0. The first kappa shape index (κ1) is 13.3. The van der Waals surface area contributed by atoms with Gasteiger partial charge in [-0.15, -0.1) is 0 Å². The van der Waals surface area contributed by atoms with Crippen LogP contribution in [0.3, 0.4) is 0 Å². The molecule has 5 heteroatoms. The van der Waals surface area contributed by atoms with Crippen molar-refractivity contribution >= 4 is 32.5 Å². The fraction of sp³-hybridized carbons (Fsp3) is 0.308. The highest BCUT2D eigenvalue weighted by atomic mass is 79.9. The van der Waals surface area contributed by atoms with Gasteiger partial charge >= 0.3 is 0 Å². The van der Waals surface area contributed by atoms with Gasteiger partial charge < -0.3 is 15.1 Å². The van der Waals surface area contributed by atoms with Gasteiger partial charge in [-0.2, -0.15) is 0 Å². The Morgan fingerprint density at radius 1 is 1.06 bits per heavy atom. The van der Waals surface area contributed by atoms with Crippen LogP contribution in [0.5, 0.6) is 0 Å². The van der Waals surface area contributed by atoms with Gasteiger partial charge in [-0.05, 0) is 12.1 Å². The van der Waals surface area contributed by atoms with Crippen molar-refractivity contribution in [1.29, 1.82) is 0 Å². The Kier molecular flexibility index (Phi) is 4.52. The number of halogens is 1. The number of rotatable bonds is 5. The van der Waals surface area contributed by atoms with Crippen LogP contribution in [0.2, 0.25) is 0 Å². The predicted octanol–water partition coefficient (Wildman–Crippen LogP) is 1.79. The fourth-order valence-electron chi connectivity index (χ4n) is 1.97. The Hall–Kier alpha value is -1.17. The lowest BCUT2D eigenvalue weighted by atomic mass is 10.1. The number of hydrogen-bond acceptors (Lipinski definition) is 4. The molecule has 0 aliphatic heterocycles. The summed E-state index contributed by atoms with van der Waals surface area (Å²) in [5, 5.41) is 20.3. The monoisotopic (exact) mass is 310 g/mol. The Morgan fingerprint density at radius 2 is 1.78 bits per heavy atom. The van der Waals surface area contributed by atoms with Crippen molar-refractivity contribution in [3.63, 3.8) is 0 Å². The lowest BCUT2D eigenvalue weighted by Crippen LogP contribution is -2.30. The third-order valence-corrected chi connectivity index (χ3v) is 3.46. The Balaban J connectivity index is 2.51. The molecule has 1 aromatic carbocycles. The van der Waals surface area contributed by atoms with Crippen molar-refractivity contribution in [3.05, 3.63) is 34.9 Å². The number of anilines is 1. The molecule has 0 saturated heterocycles. The summed E-state index contributed by atoms with van der Waals surface area (Å²) >= 11 is 3.51. The molecule has 2 rings (SSSR count). The highest BCUT2D eigenvalue weighted by Crippen LogP contribution is 2.29. The molecule has 0 saturated carbocycles. The highest BCUT2D eigenvalue weighted by molar-refractivity contribution is 9.10. The summed E-state index contributed by atoms with van der Waals surface area (Å²) in [6, 6.07) is 7.87. The first-order valence-corrected chi connectivity index (χ1v) is 6.57. The fourth-order valence-corrected chi connectivity index (χ4v) is 2.47. The largest absolute Gasteiger partial charge is 0.395 e. The predicted molar refractivity (Wildman–Crippen MR) is 75.8 cm³/mol. The van der Waals surface area contributed by atoms with Crippen LogP contribution in [-0.4, -0.2) is 41.5 Å². The van der Waals surface area contributed by atoms with Gasteiger partial charge in [-0.25, -0.2) is 4.98 Å². The van der Waals surface area contributed by atoms with E-state index < -0.39 is 0 Å². The molecule has 4 nitrogen and oxygen atoms in total. The van der Waals surface area contributed by atoms with Crippen LogP contribution in [0.4, 0.5) is 5.82 Å². The summed E-state index contributed by atoms with van der Waals surface area (Å²) in [5.74, 6) is 0.789. The first-order valence-electron chi connectivity index (χ1n) is 5.78. The summed E-state index contributed by atoms with van der Waals surface area (Å²) in [4.78, 5) is 6.25. The molecule has 2 aromatic rings. The highest BCUT2D eigenvalue weighted by Gasteiger charge is 2.11. The maximum absolute atomic E-state index is 9.09. The van der Waals surface area contributed by atoms with E-state index in [0.29, 0.717) is 13.1 Å². The van der Waals surface area contributed by atoms with Crippen molar-refractivity contribution in [3.8, 4) is 0 Å². The van der Waals surface area contributed by atoms with E-state index >= 15 is 0 Å². The maximum atomic E-state index is 9.09. The van der Waals surface area contributed by atoms with Gasteiger partial charge in [0.25, 0.3) is 0 Å². The molecule has 96 valence electrons. The molecule has 0 amide bonds. The average Bonchev–Trinajstić information content (AvgIpc) is 2.38. The number of fused-ring (bicyclic) bond motifs is 1. The molecule has 2 N–H and O–H groups in total. The first-order chi connectivity index (χ1) is 8.77. The number of aliphatic hydroxyl groups excluding tert-OH is 2. The zero-order chi connectivity index (χ0) is 13.0. The third-order valence-electron chi connectivity index (χ3n) is 2.77. The molecule has 1 aromatic heterocycles. The molecule has 0 aliphatic carbocycles. The SMILES string of the molecule is OCCN(CCO)c1nccc2c(Br)cccc12. The average molecular weight is 311 g/mol. The third kappa shape index (κ3) is 2.63. The molecule has 0 spiro atoms. The zero-order valence-electron chi connectivity index (χ0n) is 9.88. The molecule has 0 atom stereocenters. The summed E-state index contributed by atoms with van der Waals surface area (Å²) in [7, 11) is 0.